The van der Waals surface area contributed by atoms with E-state index in [9.17, 15) is 4.79 Å². The maximum absolute atomic E-state index is 11.7. The quantitative estimate of drug-likeness (QED) is 0.714. The molecule has 0 saturated carbocycles. The van der Waals surface area contributed by atoms with Crippen LogP contribution in [0.3, 0.4) is 0 Å². The summed E-state index contributed by atoms with van der Waals surface area (Å²) in [6.45, 7) is 1.83. The fraction of sp³-hybridized carbons (Fsp3) is 0.600. The minimum absolute atomic E-state index is 0.00981. The van der Waals surface area contributed by atoms with Gasteiger partial charge in [-0.1, -0.05) is 0 Å². The highest BCUT2D eigenvalue weighted by Crippen LogP contribution is 2.17. The molecule has 0 radical (unpaired) electrons. The Bertz CT molecular complexity index is 420. The van der Waals surface area contributed by atoms with Gasteiger partial charge in [0.1, 0.15) is 11.6 Å². The van der Waals surface area contributed by atoms with Gasteiger partial charge in [-0.2, -0.15) is 0 Å². The monoisotopic (exact) mass is 208 g/mol. The number of hydrogen-bond acceptors (Lipinski definition) is 4. The summed E-state index contributed by atoms with van der Waals surface area (Å²) in [6.07, 6.45) is 0. The third kappa shape index (κ3) is 1.74. The number of aromatic nitrogens is 2. The van der Waals surface area contributed by atoms with Crippen LogP contribution in [0.2, 0.25) is 0 Å². The van der Waals surface area contributed by atoms with Gasteiger partial charge in [0.05, 0.1) is 0 Å². The highest BCUT2D eigenvalue weighted by molar-refractivity contribution is 5.36. The molecular weight excluding hydrogens is 192 g/mol. The van der Waals surface area contributed by atoms with Crippen molar-refractivity contribution < 1.29 is 0 Å². The lowest BCUT2D eigenvalue weighted by Crippen LogP contribution is -2.43. The van der Waals surface area contributed by atoms with Gasteiger partial charge >= 0.3 is 0 Å². The minimum Gasteiger partial charge on any atom is -0.363 e. The molecule has 2 rings (SSSR count). The number of hydrogen-bond donors (Lipinski definition) is 1. The Morgan fingerprint density at radius 3 is 2.67 bits per heavy atom. The molecule has 0 amide bonds. The van der Waals surface area contributed by atoms with Gasteiger partial charge in [-0.15, -0.1) is 0 Å². The molecule has 0 spiro atoms. The van der Waals surface area contributed by atoms with E-state index < -0.39 is 0 Å². The van der Waals surface area contributed by atoms with Gasteiger partial charge in [-0.05, 0) is 0 Å². The van der Waals surface area contributed by atoms with Crippen LogP contribution < -0.4 is 15.8 Å². The Hall–Kier alpha value is -1.36. The van der Waals surface area contributed by atoms with Crippen molar-refractivity contribution in [3.05, 3.63) is 22.2 Å². The van der Waals surface area contributed by atoms with E-state index in [0.717, 1.165) is 24.7 Å². The van der Waals surface area contributed by atoms with Crippen LogP contribution in [0.4, 0.5) is 5.82 Å². The lowest BCUT2D eigenvalue weighted by molar-refractivity contribution is 0.415. The lowest BCUT2D eigenvalue weighted by atomic mass is 10.0. The van der Waals surface area contributed by atoms with Crippen LogP contribution in [0.5, 0.6) is 0 Å². The van der Waals surface area contributed by atoms with Gasteiger partial charge in [0.25, 0.3) is 5.56 Å². The van der Waals surface area contributed by atoms with Crippen LogP contribution in [-0.4, -0.2) is 36.7 Å². The maximum Gasteiger partial charge on any atom is 0.255 e. The maximum atomic E-state index is 11.7. The Balaban J connectivity index is 2.47. The van der Waals surface area contributed by atoms with Crippen molar-refractivity contribution in [1.82, 2.24) is 14.9 Å². The van der Waals surface area contributed by atoms with Crippen molar-refractivity contribution in [1.29, 1.82) is 0 Å². The molecule has 1 aromatic heterocycles. The molecular formula is C10H16N4O. The van der Waals surface area contributed by atoms with Crippen LogP contribution in [0.1, 0.15) is 11.7 Å². The topological polar surface area (TPSA) is 50.2 Å². The normalized spacial score (nSPS) is 16.2. The van der Waals surface area contributed by atoms with Crippen molar-refractivity contribution in [2.45, 2.75) is 5.92 Å². The Labute approximate surface area is 88.7 Å². The molecule has 1 fully saturated rings. The molecule has 1 N–H and O–H groups in total. The van der Waals surface area contributed by atoms with Crippen molar-refractivity contribution >= 4 is 5.82 Å². The second kappa shape index (κ2) is 3.66. The molecule has 82 valence electrons. The highest BCUT2D eigenvalue weighted by Gasteiger charge is 2.23. The predicted octanol–water partition coefficient (Wildman–Crippen LogP) is -0.467. The minimum atomic E-state index is 0.00981. The molecule has 1 aromatic rings. The average molecular weight is 208 g/mol. The van der Waals surface area contributed by atoms with Gasteiger partial charge in [-0.25, -0.2) is 4.98 Å². The standard InChI is InChI=1S/C10H16N4O/c1-13(2)8-4-9(15)14(3)10(12-8)7-5-11-6-7/h4,7,11H,5-6H2,1-3H3. The van der Waals surface area contributed by atoms with E-state index in [1.54, 1.807) is 17.7 Å². The van der Waals surface area contributed by atoms with Gasteiger partial charge in [0.15, 0.2) is 0 Å². The largest absolute Gasteiger partial charge is 0.363 e. The zero-order valence-corrected chi connectivity index (χ0v) is 9.32. The van der Waals surface area contributed by atoms with Crippen molar-refractivity contribution in [2.75, 3.05) is 32.1 Å². The van der Waals surface area contributed by atoms with E-state index in [0.29, 0.717) is 5.92 Å². The van der Waals surface area contributed by atoms with E-state index in [-0.39, 0.29) is 5.56 Å². The van der Waals surface area contributed by atoms with Gasteiger partial charge < -0.3 is 10.2 Å². The molecule has 5 heteroatoms. The summed E-state index contributed by atoms with van der Waals surface area (Å²) in [4.78, 5) is 18.0. The van der Waals surface area contributed by atoms with E-state index >= 15 is 0 Å². The molecule has 0 bridgehead atoms. The molecule has 5 nitrogen and oxygen atoms in total. The third-order valence-corrected chi connectivity index (χ3v) is 2.76. The smallest absolute Gasteiger partial charge is 0.255 e. The summed E-state index contributed by atoms with van der Waals surface area (Å²) in [7, 11) is 5.57. The molecule has 15 heavy (non-hydrogen) atoms. The number of nitrogens with one attached hydrogen (secondary N) is 1. The molecule has 1 saturated heterocycles. The number of anilines is 1. The van der Waals surface area contributed by atoms with Crippen LogP contribution in [0.25, 0.3) is 0 Å². The van der Waals surface area contributed by atoms with E-state index in [4.69, 9.17) is 0 Å². The summed E-state index contributed by atoms with van der Waals surface area (Å²) >= 11 is 0. The molecule has 2 heterocycles. The molecule has 0 unspecified atom stereocenters. The second-order valence-corrected chi connectivity index (χ2v) is 4.12. The molecule has 0 aromatic carbocycles. The van der Waals surface area contributed by atoms with Gasteiger partial charge in [0, 0.05) is 46.2 Å². The van der Waals surface area contributed by atoms with E-state index in [1.165, 1.54) is 0 Å². The Morgan fingerprint density at radius 1 is 1.53 bits per heavy atom. The predicted molar refractivity (Wildman–Crippen MR) is 59.4 cm³/mol. The Kier molecular flexibility index (Phi) is 2.48. The fourth-order valence-corrected chi connectivity index (χ4v) is 1.61. The van der Waals surface area contributed by atoms with Crippen molar-refractivity contribution in [3.8, 4) is 0 Å². The van der Waals surface area contributed by atoms with E-state index in [2.05, 4.69) is 10.3 Å². The summed E-state index contributed by atoms with van der Waals surface area (Å²) in [5, 5.41) is 3.19. The van der Waals surface area contributed by atoms with Gasteiger partial charge in [0.2, 0.25) is 0 Å². The van der Waals surface area contributed by atoms with Crippen LogP contribution in [0, 0.1) is 0 Å². The number of nitrogens with zero attached hydrogens (tertiary/aromatic N) is 3. The Morgan fingerprint density at radius 2 is 2.20 bits per heavy atom. The lowest BCUT2D eigenvalue weighted by Gasteiger charge is -2.28. The summed E-state index contributed by atoms with van der Waals surface area (Å²) in [5.74, 6) is 1.99. The first kappa shape index (κ1) is 10.2. The van der Waals surface area contributed by atoms with Crippen LogP contribution in [0.15, 0.2) is 10.9 Å². The van der Waals surface area contributed by atoms with Gasteiger partial charge in [-0.3, -0.25) is 9.36 Å². The zero-order chi connectivity index (χ0) is 11.0. The van der Waals surface area contributed by atoms with E-state index in [1.807, 2.05) is 19.0 Å². The van der Waals surface area contributed by atoms with Crippen LogP contribution in [-0.2, 0) is 7.05 Å². The fourth-order valence-electron chi connectivity index (χ4n) is 1.61. The molecule has 0 aliphatic carbocycles. The molecule has 1 aliphatic rings. The highest BCUT2D eigenvalue weighted by atomic mass is 16.1. The third-order valence-electron chi connectivity index (χ3n) is 2.76. The summed E-state index contributed by atoms with van der Waals surface area (Å²) in [5.41, 5.74) is 0.00981. The van der Waals surface area contributed by atoms with Crippen molar-refractivity contribution in [2.24, 2.45) is 7.05 Å². The zero-order valence-electron chi connectivity index (χ0n) is 9.32. The van der Waals surface area contributed by atoms with Crippen molar-refractivity contribution in [3.63, 3.8) is 0 Å². The van der Waals surface area contributed by atoms with Crippen LogP contribution >= 0.6 is 0 Å². The SMILES string of the molecule is CN(C)c1cc(=O)n(C)c(C2CNC2)n1. The average Bonchev–Trinajstić information content (AvgIpc) is 2.09. The first-order valence-corrected chi connectivity index (χ1v) is 5.05. The first-order valence-electron chi connectivity index (χ1n) is 5.05. The summed E-state index contributed by atoms with van der Waals surface area (Å²) in [6, 6.07) is 1.57. The second-order valence-electron chi connectivity index (χ2n) is 4.12. The molecule has 0 atom stereocenters. The molecule has 1 aliphatic heterocycles. The number of rotatable bonds is 2. The first-order chi connectivity index (χ1) is 7.09. The summed E-state index contributed by atoms with van der Waals surface area (Å²) < 4.78 is 1.64.